The lowest BCUT2D eigenvalue weighted by molar-refractivity contribution is 0.375. The molecule has 2 atom stereocenters. The summed E-state index contributed by atoms with van der Waals surface area (Å²) in [6.45, 7) is 13.0. The van der Waals surface area contributed by atoms with Gasteiger partial charge >= 0.3 is 0 Å². The molecule has 0 spiro atoms. The van der Waals surface area contributed by atoms with Crippen LogP contribution in [0.15, 0.2) is 12.4 Å². The topological polar surface area (TPSA) is 41.1 Å². The molecule has 4 heteroatoms. The van der Waals surface area contributed by atoms with Crippen molar-refractivity contribution in [2.75, 3.05) is 11.4 Å². The molecule has 0 radical (unpaired) electrons. The van der Waals surface area contributed by atoms with Crippen molar-refractivity contribution in [3.8, 4) is 0 Å². The number of aromatic nitrogens is 2. The molecule has 0 bridgehead atoms. The molecule has 0 saturated carbocycles. The molecule has 1 aromatic rings. The Bertz CT molecular complexity index is 421. The van der Waals surface area contributed by atoms with E-state index in [9.17, 15) is 0 Å². The zero-order valence-corrected chi connectivity index (χ0v) is 13.5. The zero-order chi connectivity index (χ0) is 14.8. The number of piperidine rings is 1. The number of nitrogens with zero attached hydrogens (tertiary/aromatic N) is 3. The first-order valence-electron chi connectivity index (χ1n) is 7.68. The molecule has 1 aliphatic rings. The molecule has 1 saturated heterocycles. The second-order valence-electron chi connectivity index (χ2n) is 7.14. The van der Waals surface area contributed by atoms with E-state index in [1.165, 1.54) is 12.8 Å². The smallest absolute Gasteiger partial charge is 0.147 e. The SMILES string of the molecule is CC1CCN(c2cnc(CNC(C)(C)C)cn2)C(C)C1. The molecule has 112 valence electrons. The van der Waals surface area contributed by atoms with Gasteiger partial charge in [-0.2, -0.15) is 0 Å². The third-order valence-electron chi connectivity index (χ3n) is 3.92. The molecule has 1 fully saturated rings. The lowest BCUT2D eigenvalue weighted by Crippen LogP contribution is -2.40. The molecule has 20 heavy (non-hydrogen) atoms. The van der Waals surface area contributed by atoms with E-state index >= 15 is 0 Å². The van der Waals surface area contributed by atoms with Gasteiger partial charge in [0.1, 0.15) is 5.82 Å². The highest BCUT2D eigenvalue weighted by atomic mass is 15.2. The van der Waals surface area contributed by atoms with Gasteiger partial charge in [-0.3, -0.25) is 4.98 Å². The van der Waals surface area contributed by atoms with E-state index in [0.717, 1.165) is 30.5 Å². The molecule has 0 aliphatic carbocycles. The molecular weight excluding hydrogens is 248 g/mol. The Morgan fingerprint density at radius 2 is 2.00 bits per heavy atom. The largest absolute Gasteiger partial charge is 0.353 e. The Balaban J connectivity index is 1.97. The summed E-state index contributed by atoms with van der Waals surface area (Å²) in [4.78, 5) is 11.5. The van der Waals surface area contributed by atoms with E-state index in [1.807, 2.05) is 12.4 Å². The van der Waals surface area contributed by atoms with Crippen molar-refractivity contribution < 1.29 is 0 Å². The minimum Gasteiger partial charge on any atom is -0.353 e. The molecule has 2 rings (SSSR count). The monoisotopic (exact) mass is 276 g/mol. The van der Waals surface area contributed by atoms with Crippen molar-refractivity contribution >= 4 is 5.82 Å². The molecular formula is C16H28N4. The summed E-state index contributed by atoms with van der Waals surface area (Å²) in [7, 11) is 0. The predicted molar refractivity (Wildman–Crippen MR) is 83.8 cm³/mol. The molecule has 1 aliphatic heterocycles. The van der Waals surface area contributed by atoms with Crippen LogP contribution in [0.1, 0.15) is 53.2 Å². The summed E-state index contributed by atoms with van der Waals surface area (Å²) >= 11 is 0. The number of anilines is 1. The van der Waals surface area contributed by atoms with E-state index in [1.54, 1.807) is 0 Å². The predicted octanol–water partition coefficient (Wildman–Crippen LogP) is 2.99. The first-order chi connectivity index (χ1) is 9.35. The number of rotatable bonds is 3. The Labute approximate surface area is 123 Å². The van der Waals surface area contributed by atoms with Crippen molar-refractivity contribution in [1.82, 2.24) is 15.3 Å². The normalized spacial score (nSPS) is 23.9. The Kier molecular flexibility index (Phi) is 4.63. The van der Waals surface area contributed by atoms with Crippen molar-refractivity contribution in [2.24, 2.45) is 5.92 Å². The van der Waals surface area contributed by atoms with Crippen LogP contribution in [0.3, 0.4) is 0 Å². The van der Waals surface area contributed by atoms with Crippen LogP contribution in [0.4, 0.5) is 5.82 Å². The average molecular weight is 276 g/mol. The summed E-state index contributed by atoms with van der Waals surface area (Å²) in [5, 5.41) is 3.44. The van der Waals surface area contributed by atoms with E-state index in [0.29, 0.717) is 6.04 Å². The summed E-state index contributed by atoms with van der Waals surface area (Å²) in [5.41, 5.74) is 1.11. The standard InChI is InChI=1S/C16H28N4/c1-12-6-7-20(13(2)8-12)15-11-17-14(9-18-15)10-19-16(3,4)5/h9,11-13,19H,6-8,10H2,1-5H3. The van der Waals surface area contributed by atoms with Crippen LogP contribution in [0, 0.1) is 5.92 Å². The van der Waals surface area contributed by atoms with E-state index in [4.69, 9.17) is 0 Å². The van der Waals surface area contributed by atoms with Gasteiger partial charge in [0.05, 0.1) is 18.1 Å². The van der Waals surface area contributed by atoms with Crippen molar-refractivity contribution in [1.29, 1.82) is 0 Å². The van der Waals surface area contributed by atoms with Gasteiger partial charge < -0.3 is 10.2 Å². The molecule has 2 heterocycles. The van der Waals surface area contributed by atoms with Crippen LogP contribution < -0.4 is 10.2 Å². The van der Waals surface area contributed by atoms with Crippen LogP contribution in [-0.2, 0) is 6.54 Å². The van der Waals surface area contributed by atoms with Crippen molar-refractivity contribution in [3.63, 3.8) is 0 Å². The van der Waals surface area contributed by atoms with Gasteiger partial charge in [0.15, 0.2) is 0 Å². The maximum atomic E-state index is 4.60. The molecule has 0 amide bonds. The average Bonchev–Trinajstić information content (AvgIpc) is 2.36. The lowest BCUT2D eigenvalue weighted by atomic mass is 9.93. The van der Waals surface area contributed by atoms with Crippen LogP contribution >= 0.6 is 0 Å². The molecule has 0 aromatic carbocycles. The van der Waals surface area contributed by atoms with Crippen molar-refractivity contribution in [3.05, 3.63) is 18.1 Å². The second-order valence-corrected chi connectivity index (χ2v) is 7.14. The minimum atomic E-state index is 0.109. The summed E-state index contributed by atoms with van der Waals surface area (Å²) in [6.07, 6.45) is 6.32. The summed E-state index contributed by atoms with van der Waals surface area (Å²) < 4.78 is 0. The Hall–Kier alpha value is -1.16. The van der Waals surface area contributed by atoms with Gasteiger partial charge in [0.25, 0.3) is 0 Å². The van der Waals surface area contributed by atoms with E-state index in [-0.39, 0.29) is 5.54 Å². The zero-order valence-electron chi connectivity index (χ0n) is 13.5. The fourth-order valence-electron chi connectivity index (χ4n) is 2.69. The number of nitrogens with one attached hydrogen (secondary N) is 1. The summed E-state index contributed by atoms with van der Waals surface area (Å²) in [6, 6.07) is 0.562. The van der Waals surface area contributed by atoms with E-state index in [2.05, 4.69) is 54.8 Å². The molecule has 1 N–H and O–H groups in total. The fraction of sp³-hybridized carbons (Fsp3) is 0.750. The third kappa shape index (κ3) is 4.17. The lowest BCUT2D eigenvalue weighted by Gasteiger charge is -2.37. The van der Waals surface area contributed by atoms with Crippen LogP contribution in [-0.4, -0.2) is 28.1 Å². The highest BCUT2D eigenvalue weighted by Crippen LogP contribution is 2.25. The number of hydrogen-bond acceptors (Lipinski definition) is 4. The van der Waals surface area contributed by atoms with Crippen LogP contribution in [0.5, 0.6) is 0 Å². The molecule has 2 unspecified atom stereocenters. The van der Waals surface area contributed by atoms with Crippen molar-refractivity contribution in [2.45, 2.75) is 65.6 Å². The number of hydrogen-bond donors (Lipinski definition) is 1. The second kappa shape index (κ2) is 6.08. The quantitative estimate of drug-likeness (QED) is 0.921. The Morgan fingerprint density at radius 1 is 1.25 bits per heavy atom. The van der Waals surface area contributed by atoms with Gasteiger partial charge in [-0.15, -0.1) is 0 Å². The minimum absolute atomic E-state index is 0.109. The third-order valence-corrected chi connectivity index (χ3v) is 3.92. The van der Waals surface area contributed by atoms with Gasteiger partial charge in [-0.25, -0.2) is 4.98 Å². The van der Waals surface area contributed by atoms with E-state index < -0.39 is 0 Å². The van der Waals surface area contributed by atoms with Crippen LogP contribution in [0.25, 0.3) is 0 Å². The summed E-state index contributed by atoms with van der Waals surface area (Å²) in [5.74, 6) is 1.84. The fourth-order valence-corrected chi connectivity index (χ4v) is 2.69. The molecule has 1 aromatic heterocycles. The van der Waals surface area contributed by atoms with Gasteiger partial charge in [0, 0.05) is 24.7 Å². The Morgan fingerprint density at radius 3 is 2.55 bits per heavy atom. The molecule has 4 nitrogen and oxygen atoms in total. The van der Waals surface area contributed by atoms with Gasteiger partial charge in [-0.05, 0) is 46.5 Å². The van der Waals surface area contributed by atoms with Gasteiger partial charge in [0.2, 0.25) is 0 Å². The first kappa shape index (κ1) is 15.2. The highest BCUT2D eigenvalue weighted by molar-refractivity contribution is 5.37. The maximum absolute atomic E-state index is 4.60. The maximum Gasteiger partial charge on any atom is 0.147 e. The van der Waals surface area contributed by atoms with Gasteiger partial charge in [-0.1, -0.05) is 6.92 Å². The highest BCUT2D eigenvalue weighted by Gasteiger charge is 2.23. The first-order valence-corrected chi connectivity index (χ1v) is 7.68. The van der Waals surface area contributed by atoms with Crippen LogP contribution in [0.2, 0.25) is 0 Å².